The first-order valence-electron chi connectivity index (χ1n) is 9.27. The Labute approximate surface area is 158 Å². The molecule has 1 aliphatic carbocycles. The minimum absolute atomic E-state index is 0.0698. The van der Waals surface area contributed by atoms with Crippen LogP contribution < -0.4 is 0 Å². The molecule has 1 unspecified atom stereocenters. The number of aryl methyl sites for hydroxylation is 1. The van der Waals surface area contributed by atoms with E-state index in [1.165, 1.54) is 10.9 Å². The molecule has 0 spiro atoms. The molecule has 2 aromatic carbocycles. The van der Waals surface area contributed by atoms with Crippen molar-refractivity contribution in [3.8, 4) is 0 Å². The van der Waals surface area contributed by atoms with Gasteiger partial charge in [0, 0.05) is 33.9 Å². The van der Waals surface area contributed by atoms with Gasteiger partial charge in [-0.2, -0.15) is 0 Å². The van der Waals surface area contributed by atoms with Crippen LogP contribution in [0.5, 0.6) is 0 Å². The van der Waals surface area contributed by atoms with Crippen LogP contribution in [0.4, 0.5) is 0 Å². The van der Waals surface area contributed by atoms with Crippen molar-refractivity contribution in [2.45, 2.75) is 19.4 Å². The molecule has 27 heavy (non-hydrogen) atoms. The number of carbonyl (C=O) groups excluding carboxylic acids is 1. The first-order chi connectivity index (χ1) is 13.2. The summed E-state index contributed by atoms with van der Waals surface area (Å²) in [6, 6.07) is 16.5. The topological polar surface area (TPSA) is 36.1 Å². The monoisotopic (exact) mass is 352 g/mol. The standard InChI is InChI=1S/C24H20N2O/c1-16-22(20-12-6-7-13-21(20)25-16)23-19-11-5-4-8-17(19)14-15-26(23)24(27)18-9-2-3-10-18/h2-9,11-15,23,25H,10H2,1H3. The number of fused-ring (bicyclic) bond motifs is 2. The maximum Gasteiger partial charge on any atom is 0.254 e. The fourth-order valence-electron chi connectivity index (χ4n) is 4.21. The second-order valence-electron chi connectivity index (χ2n) is 7.09. The van der Waals surface area contributed by atoms with Gasteiger partial charge in [0.15, 0.2) is 0 Å². The lowest BCUT2D eigenvalue weighted by molar-refractivity contribution is -0.126. The number of amides is 1. The summed E-state index contributed by atoms with van der Waals surface area (Å²) in [5.74, 6) is 0.0698. The second kappa shape index (κ2) is 6.13. The van der Waals surface area contributed by atoms with Crippen LogP contribution in [0, 0.1) is 6.92 Å². The molecular formula is C24H20N2O. The summed E-state index contributed by atoms with van der Waals surface area (Å²) in [7, 11) is 0. The van der Waals surface area contributed by atoms with Crippen molar-refractivity contribution in [1.82, 2.24) is 9.88 Å². The second-order valence-corrected chi connectivity index (χ2v) is 7.09. The Balaban J connectivity index is 1.72. The average Bonchev–Trinajstić information content (AvgIpc) is 3.34. The molecule has 0 saturated heterocycles. The van der Waals surface area contributed by atoms with E-state index >= 15 is 0 Å². The van der Waals surface area contributed by atoms with Crippen molar-refractivity contribution < 1.29 is 4.79 Å². The number of allylic oxidation sites excluding steroid dienone is 3. The quantitative estimate of drug-likeness (QED) is 0.670. The molecule has 0 saturated carbocycles. The number of benzene rings is 2. The summed E-state index contributed by atoms with van der Waals surface area (Å²) in [5.41, 5.74) is 6.53. The van der Waals surface area contributed by atoms with E-state index in [4.69, 9.17) is 0 Å². The number of nitrogens with zero attached hydrogens (tertiary/aromatic N) is 1. The largest absolute Gasteiger partial charge is 0.358 e. The van der Waals surface area contributed by atoms with Crippen LogP contribution in [0.3, 0.4) is 0 Å². The van der Waals surface area contributed by atoms with Crippen molar-refractivity contribution in [2.75, 3.05) is 0 Å². The van der Waals surface area contributed by atoms with Gasteiger partial charge in [-0.05, 0) is 36.6 Å². The van der Waals surface area contributed by atoms with Gasteiger partial charge in [0.25, 0.3) is 5.91 Å². The molecular weight excluding hydrogens is 332 g/mol. The Kier molecular flexibility index (Phi) is 3.61. The SMILES string of the molecule is Cc1[nH]c2ccccc2c1C1c2ccccc2C=CN1C(=O)C1=CC=CC1. The first kappa shape index (κ1) is 15.9. The molecule has 0 fully saturated rings. The normalized spacial score (nSPS) is 18.0. The summed E-state index contributed by atoms with van der Waals surface area (Å²) in [5, 5.41) is 1.17. The molecule has 5 rings (SSSR count). The Morgan fingerprint density at radius 3 is 2.78 bits per heavy atom. The zero-order valence-corrected chi connectivity index (χ0v) is 15.1. The zero-order valence-electron chi connectivity index (χ0n) is 15.1. The van der Waals surface area contributed by atoms with Crippen molar-refractivity contribution in [1.29, 1.82) is 0 Å². The predicted octanol–water partition coefficient (Wildman–Crippen LogP) is 5.26. The molecule has 1 aliphatic heterocycles. The van der Waals surface area contributed by atoms with E-state index < -0.39 is 0 Å². The van der Waals surface area contributed by atoms with Crippen molar-refractivity contribution >= 4 is 22.9 Å². The molecule has 3 nitrogen and oxygen atoms in total. The zero-order chi connectivity index (χ0) is 18.4. The van der Waals surface area contributed by atoms with E-state index in [1.54, 1.807) is 0 Å². The van der Waals surface area contributed by atoms with Crippen LogP contribution in [0.1, 0.15) is 34.8 Å². The number of carbonyl (C=O) groups is 1. The third-order valence-electron chi connectivity index (χ3n) is 5.48. The van der Waals surface area contributed by atoms with Crippen LogP contribution in [0.15, 0.2) is 78.5 Å². The number of hydrogen-bond acceptors (Lipinski definition) is 1. The average molecular weight is 352 g/mol. The van der Waals surface area contributed by atoms with Gasteiger partial charge in [-0.15, -0.1) is 0 Å². The number of aromatic amines is 1. The van der Waals surface area contributed by atoms with E-state index in [0.717, 1.165) is 27.9 Å². The van der Waals surface area contributed by atoms with E-state index in [-0.39, 0.29) is 11.9 Å². The fraction of sp³-hybridized carbons (Fsp3) is 0.125. The third-order valence-corrected chi connectivity index (χ3v) is 5.48. The Morgan fingerprint density at radius 1 is 1.11 bits per heavy atom. The number of H-pyrrole nitrogens is 1. The Bertz CT molecular complexity index is 1150. The van der Waals surface area contributed by atoms with Crippen LogP contribution in [-0.2, 0) is 4.79 Å². The smallest absolute Gasteiger partial charge is 0.254 e. The summed E-state index contributed by atoms with van der Waals surface area (Å²) in [4.78, 5) is 18.7. The molecule has 132 valence electrons. The number of nitrogens with one attached hydrogen (secondary N) is 1. The lowest BCUT2D eigenvalue weighted by Gasteiger charge is -2.34. The maximum atomic E-state index is 13.3. The number of hydrogen-bond donors (Lipinski definition) is 1. The van der Waals surface area contributed by atoms with Crippen molar-refractivity contribution in [2.24, 2.45) is 0 Å². The van der Waals surface area contributed by atoms with Crippen LogP contribution >= 0.6 is 0 Å². The van der Waals surface area contributed by atoms with Gasteiger partial charge in [-0.25, -0.2) is 0 Å². The van der Waals surface area contributed by atoms with Gasteiger partial charge in [-0.1, -0.05) is 60.7 Å². The van der Waals surface area contributed by atoms with Crippen LogP contribution in [0.2, 0.25) is 0 Å². The highest BCUT2D eigenvalue weighted by molar-refractivity contribution is 5.97. The molecule has 0 radical (unpaired) electrons. The molecule has 1 atom stereocenters. The van der Waals surface area contributed by atoms with Crippen molar-refractivity contribution in [3.63, 3.8) is 0 Å². The summed E-state index contributed by atoms with van der Waals surface area (Å²) in [6.45, 7) is 2.09. The molecule has 2 aliphatic rings. The van der Waals surface area contributed by atoms with Gasteiger partial charge >= 0.3 is 0 Å². The number of rotatable bonds is 2. The van der Waals surface area contributed by atoms with Crippen LogP contribution in [-0.4, -0.2) is 15.8 Å². The summed E-state index contributed by atoms with van der Waals surface area (Å²) < 4.78 is 0. The molecule has 1 N–H and O–H groups in total. The first-order valence-corrected chi connectivity index (χ1v) is 9.27. The van der Waals surface area contributed by atoms with Gasteiger partial charge in [0.1, 0.15) is 0 Å². The Hall–Kier alpha value is -3.33. The fourth-order valence-corrected chi connectivity index (χ4v) is 4.21. The molecule has 1 amide bonds. The highest BCUT2D eigenvalue weighted by Gasteiger charge is 2.33. The molecule has 0 bridgehead atoms. The van der Waals surface area contributed by atoms with Gasteiger partial charge in [0.2, 0.25) is 0 Å². The lowest BCUT2D eigenvalue weighted by atomic mass is 9.88. The predicted molar refractivity (Wildman–Crippen MR) is 109 cm³/mol. The molecule has 3 aromatic rings. The molecule has 3 heteroatoms. The van der Waals surface area contributed by atoms with Gasteiger partial charge < -0.3 is 9.88 Å². The third kappa shape index (κ3) is 2.47. The summed E-state index contributed by atoms with van der Waals surface area (Å²) >= 11 is 0. The van der Waals surface area contributed by atoms with Crippen LogP contribution in [0.25, 0.3) is 17.0 Å². The number of para-hydroxylation sites is 1. The van der Waals surface area contributed by atoms with Gasteiger partial charge in [0.05, 0.1) is 6.04 Å². The highest BCUT2D eigenvalue weighted by Crippen LogP contribution is 2.41. The van der Waals surface area contributed by atoms with Gasteiger partial charge in [-0.3, -0.25) is 4.79 Å². The minimum atomic E-state index is -0.142. The highest BCUT2D eigenvalue weighted by atomic mass is 16.2. The number of aromatic nitrogens is 1. The maximum absolute atomic E-state index is 13.3. The summed E-state index contributed by atoms with van der Waals surface area (Å²) in [6.07, 6.45) is 10.6. The molecule has 1 aromatic heterocycles. The van der Waals surface area contributed by atoms with E-state index in [9.17, 15) is 4.79 Å². The molecule has 2 heterocycles. The van der Waals surface area contributed by atoms with E-state index in [0.29, 0.717) is 6.42 Å². The van der Waals surface area contributed by atoms with Crippen molar-refractivity contribution in [3.05, 3.63) is 101 Å². The minimum Gasteiger partial charge on any atom is -0.358 e. The van der Waals surface area contributed by atoms with E-state index in [2.05, 4.69) is 42.2 Å². The van der Waals surface area contributed by atoms with E-state index in [1.807, 2.05) is 53.6 Å². The Morgan fingerprint density at radius 2 is 1.93 bits per heavy atom. The lowest BCUT2D eigenvalue weighted by Crippen LogP contribution is -2.34.